The van der Waals surface area contributed by atoms with Gasteiger partial charge in [-0.25, -0.2) is 0 Å². The number of hydrogen-bond acceptors (Lipinski definition) is 2. The molecule has 0 aliphatic heterocycles. The summed E-state index contributed by atoms with van der Waals surface area (Å²) >= 11 is 1.59. The van der Waals surface area contributed by atoms with Crippen LogP contribution < -0.4 is 5.32 Å². The van der Waals surface area contributed by atoms with Gasteiger partial charge in [-0.1, -0.05) is 6.92 Å². The molecule has 1 heterocycles. The molecule has 1 atom stereocenters. The monoisotopic (exact) mass is 251 g/mol. The smallest absolute Gasteiger partial charge is 0.309 e. The molecule has 0 bridgehead atoms. The summed E-state index contributed by atoms with van der Waals surface area (Å²) in [4.78, 5) is 1.14. The van der Waals surface area contributed by atoms with E-state index in [0.717, 1.165) is 11.3 Å². The molecule has 1 aromatic rings. The maximum absolute atomic E-state index is 12.1. The lowest BCUT2D eigenvalue weighted by molar-refractivity contribution is -0.139. The number of aryl methyl sites for hydroxylation is 1. The predicted octanol–water partition coefficient (Wildman–Crippen LogP) is 3.74. The molecule has 0 saturated carbocycles. The second-order valence-corrected chi connectivity index (χ2v) is 4.82. The van der Waals surface area contributed by atoms with Crippen molar-refractivity contribution in [3.63, 3.8) is 0 Å². The van der Waals surface area contributed by atoms with Crippen molar-refractivity contribution in [3.8, 4) is 0 Å². The van der Waals surface area contributed by atoms with Crippen molar-refractivity contribution in [1.29, 1.82) is 0 Å². The van der Waals surface area contributed by atoms with E-state index in [1.807, 2.05) is 18.4 Å². The molecule has 0 spiro atoms. The Morgan fingerprint density at radius 1 is 1.44 bits per heavy atom. The van der Waals surface area contributed by atoms with Crippen LogP contribution in [0.3, 0.4) is 0 Å². The van der Waals surface area contributed by atoms with Gasteiger partial charge in [0.15, 0.2) is 0 Å². The first kappa shape index (κ1) is 13.5. The normalized spacial score (nSPS) is 14.1. The molecule has 0 saturated heterocycles. The van der Waals surface area contributed by atoms with Crippen LogP contribution in [0.2, 0.25) is 0 Å². The van der Waals surface area contributed by atoms with E-state index >= 15 is 0 Å². The van der Waals surface area contributed by atoms with Crippen LogP contribution in [0, 0.1) is 0 Å². The van der Waals surface area contributed by atoms with Crippen LogP contribution in [0.1, 0.15) is 30.7 Å². The molecule has 0 fully saturated rings. The van der Waals surface area contributed by atoms with Crippen molar-refractivity contribution in [2.24, 2.45) is 0 Å². The fourth-order valence-electron chi connectivity index (χ4n) is 1.52. The van der Waals surface area contributed by atoms with Gasteiger partial charge < -0.3 is 5.32 Å². The maximum atomic E-state index is 12.1. The Hall–Kier alpha value is -0.550. The summed E-state index contributed by atoms with van der Waals surface area (Å²) in [5, 5.41) is 4.88. The van der Waals surface area contributed by atoms with E-state index in [-0.39, 0.29) is 0 Å². The molecule has 0 amide bonds. The molecule has 0 radical (unpaired) electrons. The fraction of sp³-hybridized carbons (Fsp3) is 0.636. The number of alkyl halides is 3. The third kappa shape index (κ3) is 4.53. The van der Waals surface area contributed by atoms with Crippen LogP contribution in [-0.2, 0) is 13.0 Å². The summed E-state index contributed by atoms with van der Waals surface area (Å²) in [6, 6.07) is 1.49. The van der Waals surface area contributed by atoms with Crippen LogP contribution in [-0.4, -0.2) is 12.2 Å². The molecule has 0 aliphatic rings. The number of halogens is 3. The van der Waals surface area contributed by atoms with E-state index in [2.05, 4.69) is 5.32 Å². The van der Waals surface area contributed by atoms with Crippen molar-refractivity contribution >= 4 is 11.3 Å². The summed E-state index contributed by atoms with van der Waals surface area (Å²) < 4.78 is 36.2. The zero-order valence-electron chi connectivity index (χ0n) is 9.40. The SMILES string of the molecule is CCc1ccsc1CNC(C)CC(F)(F)F. The summed E-state index contributed by atoms with van der Waals surface area (Å²) in [7, 11) is 0. The highest BCUT2D eigenvalue weighted by Crippen LogP contribution is 2.22. The quantitative estimate of drug-likeness (QED) is 0.840. The predicted molar refractivity (Wildman–Crippen MR) is 60.7 cm³/mol. The molecule has 92 valence electrons. The van der Waals surface area contributed by atoms with Gasteiger partial charge in [-0.05, 0) is 30.4 Å². The third-order valence-electron chi connectivity index (χ3n) is 2.37. The standard InChI is InChI=1S/C11H16F3NS/c1-3-9-4-5-16-10(9)7-15-8(2)6-11(12,13)14/h4-5,8,15H,3,6-7H2,1-2H3. The molecule has 16 heavy (non-hydrogen) atoms. The fourth-order valence-corrected chi connectivity index (χ4v) is 2.45. The van der Waals surface area contributed by atoms with Gasteiger partial charge in [0.2, 0.25) is 0 Å². The van der Waals surface area contributed by atoms with Gasteiger partial charge in [0.1, 0.15) is 0 Å². The Morgan fingerprint density at radius 3 is 2.69 bits per heavy atom. The highest BCUT2D eigenvalue weighted by Gasteiger charge is 2.29. The Balaban J connectivity index is 2.40. The molecular weight excluding hydrogens is 235 g/mol. The minimum atomic E-state index is -4.09. The topological polar surface area (TPSA) is 12.0 Å². The number of hydrogen-bond donors (Lipinski definition) is 1. The van der Waals surface area contributed by atoms with Gasteiger partial charge in [0, 0.05) is 17.5 Å². The molecule has 0 aromatic carbocycles. The Morgan fingerprint density at radius 2 is 2.12 bits per heavy atom. The van der Waals surface area contributed by atoms with E-state index in [1.165, 1.54) is 5.56 Å². The van der Waals surface area contributed by atoms with Crippen molar-refractivity contribution in [1.82, 2.24) is 5.32 Å². The zero-order chi connectivity index (χ0) is 12.2. The second kappa shape index (κ2) is 5.68. The number of thiophene rings is 1. The van der Waals surface area contributed by atoms with E-state index in [1.54, 1.807) is 18.3 Å². The molecule has 5 heteroatoms. The van der Waals surface area contributed by atoms with Crippen molar-refractivity contribution in [3.05, 3.63) is 21.9 Å². The summed E-state index contributed by atoms with van der Waals surface area (Å²) in [6.07, 6.45) is -3.94. The van der Waals surface area contributed by atoms with Gasteiger partial charge in [0.05, 0.1) is 6.42 Å². The largest absolute Gasteiger partial charge is 0.390 e. The first-order chi connectivity index (χ1) is 7.42. The first-order valence-electron chi connectivity index (χ1n) is 5.27. The van der Waals surface area contributed by atoms with E-state index in [0.29, 0.717) is 6.54 Å². The van der Waals surface area contributed by atoms with Gasteiger partial charge in [-0.15, -0.1) is 11.3 Å². The van der Waals surface area contributed by atoms with Crippen molar-refractivity contribution in [2.75, 3.05) is 0 Å². The van der Waals surface area contributed by atoms with E-state index in [4.69, 9.17) is 0 Å². The van der Waals surface area contributed by atoms with E-state index < -0.39 is 18.6 Å². The highest BCUT2D eigenvalue weighted by molar-refractivity contribution is 7.10. The molecule has 0 aliphatic carbocycles. The van der Waals surface area contributed by atoms with E-state index in [9.17, 15) is 13.2 Å². The minimum absolute atomic E-state index is 0.526. The molecule has 1 unspecified atom stereocenters. The van der Waals surface area contributed by atoms with Crippen LogP contribution in [0.25, 0.3) is 0 Å². The summed E-state index contributed by atoms with van der Waals surface area (Å²) in [6.45, 7) is 4.13. The molecule has 1 rings (SSSR count). The lowest BCUT2D eigenvalue weighted by Gasteiger charge is -2.15. The van der Waals surface area contributed by atoms with Gasteiger partial charge in [-0.2, -0.15) is 13.2 Å². The lowest BCUT2D eigenvalue weighted by Crippen LogP contribution is -2.30. The zero-order valence-corrected chi connectivity index (χ0v) is 10.2. The average molecular weight is 251 g/mol. The van der Waals surface area contributed by atoms with Crippen LogP contribution >= 0.6 is 11.3 Å². The van der Waals surface area contributed by atoms with Crippen molar-refractivity contribution in [2.45, 2.75) is 45.5 Å². The number of rotatable bonds is 5. The molecule has 1 N–H and O–H groups in total. The third-order valence-corrected chi connectivity index (χ3v) is 3.33. The number of nitrogens with one attached hydrogen (secondary N) is 1. The van der Waals surface area contributed by atoms with Crippen LogP contribution in [0.15, 0.2) is 11.4 Å². The van der Waals surface area contributed by atoms with Gasteiger partial charge in [-0.3, -0.25) is 0 Å². The Kier molecular flexibility index (Phi) is 4.80. The van der Waals surface area contributed by atoms with Crippen molar-refractivity contribution < 1.29 is 13.2 Å². The maximum Gasteiger partial charge on any atom is 0.390 e. The summed E-state index contributed by atoms with van der Waals surface area (Å²) in [5.41, 5.74) is 1.22. The second-order valence-electron chi connectivity index (χ2n) is 3.82. The minimum Gasteiger partial charge on any atom is -0.309 e. The Labute approximate surface area is 97.7 Å². The molecule has 1 aromatic heterocycles. The van der Waals surface area contributed by atoms with Crippen LogP contribution in [0.4, 0.5) is 13.2 Å². The summed E-state index contributed by atoms with van der Waals surface area (Å²) in [5.74, 6) is 0. The first-order valence-corrected chi connectivity index (χ1v) is 6.15. The lowest BCUT2D eigenvalue weighted by atomic mass is 10.2. The van der Waals surface area contributed by atoms with Gasteiger partial charge in [0.25, 0.3) is 0 Å². The molecular formula is C11H16F3NS. The Bertz CT molecular complexity index is 319. The highest BCUT2D eigenvalue weighted by atomic mass is 32.1. The average Bonchev–Trinajstić information content (AvgIpc) is 2.59. The molecule has 1 nitrogen and oxygen atoms in total. The van der Waals surface area contributed by atoms with Crippen LogP contribution in [0.5, 0.6) is 0 Å². The van der Waals surface area contributed by atoms with Gasteiger partial charge >= 0.3 is 6.18 Å².